The summed E-state index contributed by atoms with van der Waals surface area (Å²) in [6.07, 6.45) is 0. The average Bonchev–Trinajstić information content (AvgIpc) is 2.17. The molecule has 0 aromatic rings. The molecule has 0 fully saturated rings. The second-order valence-corrected chi connectivity index (χ2v) is 4.59. The second-order valence-electron chi connectivity index (χ2n) is 2.50. The first-order chi connectivity index (χ1) is 7.01. The van der Waals surface area contributed by atoms with Crippen molar-refractivity contribution in [3.05, 3.63) is 0 Å². The third-order valence-corrected chi connectivity index (χ3v) is 3.46. The van der Waals surface area contributed by atoms with Gasteiger partial charge in [-0.1, -0.05) is 0 Å². The number of hydrogen-bond donors (Lipinski definition) is 1. The van der Waals surface area contributed by atoms with Crippen LogP contribution >= 0.6 is 7.60 Å². The molecular formula is C8H17O6P. The lowest BCUT2D eigenvalue weighted by Gasteiger charge is -2.20. The van der Waals surface area contributed by atoms with Gasteiger partial charge in [-0.05, 0) is 20.8 Å². The van der Waals surface area contributed by atoms with Crippen LogP contribution in [-0.4, -0.2) is 36.7 Å². The molecule has 1 atom stereocenters. The number of carbonyl (C=O) groups is 1. The van der Waals surface area contributed by atoms with Crippen LogP contribution in [0.5, 0.6) is 0 Å². The van der Waals surface area contributed by atoms with E-state index in [1.165, 1.54) is 0 Å². The maximum absolute atomic E-state index is 11.8. The Bertz CT molecular complexity index is 231. The Morgan fingerprint density at radius 3 is 2.00 bits per heavy atom. The van der Waals surface area contributed by atoms with Crippen molar-refractivity contribution in [3.63, 3.8) is 0 Å². The molecule has 0 aromatic heterocycles. The molecule has 0 aliphatic rings. The van der Waals surface area contributed by atoms with Gasteiger partial charge in [0, 0.05) is 0 Å². The molecule has 0 radical (unpaired) electrons. The van der Waals surface area contributed by atoms with Gasteiger partial charge in [0.25, 0.3) is 5.85 Å². The van der Waals surface area contributed by atoms with Gasteiger partial charge in [-0.15, -0.1) is 0 Å². The summed E-state index contributed by atoms with van der Waals surface area (Å²) in [5, 5.41) is 9.44. The van der Waals surface area contributed by atoms with E-state index in [0.717, 1.165) is 0 Å². The van der Waals surface area contributed by atoms with Crippen LogP contribution in [0.25, 0.3) is 0 Å². The van der Waals surface area contributed by atoms with Crippen molar-refractivity contribution in [3.8, 4) is 0 Å². The third-order valence-electron chi connectivity index (χ3n) is 1.42. The topological polar surface area (TPSA) is 82.1 Å². The number of aliphatic hydroxyl groups excluding tert-OH is 1. The molecule has 0 saturated carbocycles. The minimum Gasteiger partial charge on any atom is -0.464 e. The summed E-state index contributed by atoms with van der Waals surface area (Å²) < 4.78 is 25.9. The molecular weight excluding hydrogens is 223 g/mol. The molecule has 0 rings (SSSR count). The van der Waals surface area contributed by atoms with Gasteiger partial charge in [0.15, 0.2) is 0 Å². The summed E-state index contributed by atoms with van der Waals surface area (Å²) in [5.41, 5.74) is 0. The highest BCUT2D eigenvalue weighted by molar-refractivity contribution is 7.55. The van der Waals surface area contributed by atoms with Crippen molar-refractivity contribution in [1.29, 1.82) is 0 Å². The minimum absolute atomic E-state index is 0.0771. The summed E-state index contributed by atoms with van der Waals surface area (Å²) in [5.74, 6) is -2.87. The standard InChI is InChI=1S/C8H17O6P/c1-4-12-7(9)8(10)15(11,13-5-2)14-6-3/h8,10H,4-6H2,1-3H3/t8-/m0/s1. The van der Waals surface area contributed by atoms with E-state index in [2.05, 4.69) is 4.74 Å². The van der Waals surface area contributed by atoms with E-state index in [-0.39, 0.29) is 19.8 Å². The van der Waals surface area contributed by atoms with Crippen molar-refractivity contribution in [2.24, 2.45) is 0 Å². The zero-order chi connectivity index (χ0) is 11.9. The summed E-state index contributed by atoms with van der Waals surface area (Å²) in [4.78, 5) is 11.1. The summed E-state index contributed by atoms with van der Waals surface area (Å²) >= 11 is 0. The minimum atomic E-state index is -3.82. The molecule has 15 heavy (non-hydrogen) atoms. The van der Waals surface area contributed by atoms with Gasteiger partial charge in [-0.3, -0.25) is 4.57 Å². The normalized spacial score (nSPS) is 13.6. The molecule has 0 heterocycles. The van der Waals surface area contributed by atoms with Crippen LogP contribution in [-0.2, 0) is 23.1 Å². The van der Waals surface area contributed by atoms with E-state index in [4.69, 9.17) is 9.05 Å². The van der Waals surface area contributed by atoms with E-state index >= 15 is 0 Å². The van der Waals surface area contributed by atoms with Crippen LogP contribution in [0.2, 0.25) is 0 Å². The van der Waals surface area contributed by atoms with Crippen LogP contribution in [0.3, 0.4) is 0 Å². The number of hydrogen-bond acceptors (Lipinski definition) is 6. The number of carbonyl (C=O) groups excluding carboxylic acids is 1. The first kappa shape index (κ1) is 14.6. The lowest BCUT2D eigenvalue weighted by Crippen LogP contribution is -2.25. The molecule has 0 aromatic carbocycles. The Morgan fingerprint density at radius 2 is 1.67 bits per heavy atom. The van der Waals surface area contributed by atoms with E-state index in [1.807, 2.05) is 0 Å². The van der Waals surface area contributed by atoms with Gasteiger partial charge in [0.2, 0.25) is 0 Å². The zero-order valence-electron chi connectivity index (χ0n) is 9.13. The molecule has 0 spiro atoms. The maximum Gasteiger partial charge on any atom is 0.370 e. The van der Waals surface area contributed by atoms with Crippen molar-refractivity contribution in [2.75, 3.05) is 19.8 Å². The zero-order valence-corrected chi connectivity index (χ0v) is 10.0. The van der Waals surface area contributed by atoms with Crippen LogP contribution in [0.1, 0.15) is 20.8 Å². The fraction of sp³-hybridized carbons (Fsp3) is 0.875. The lowest BCUT2D eigenvalue weighted by molar-refractivity contribution is -0.149. The largest absolute Gasteiger partial charge is 0.464 e. The molecule has 1 N–H and O–H groups in total. The fourth-order valence-electron chi connectivity index (χ4n) is 0.884. The molecule has 6 nitrogen and oxygen atoms in total. The Kier molecular flexibility index (Phi) is 6.76. The lowest BCUT2D eigenvalue weighted by atomic mass is 10.7. The van der Waals surface area contributed by atoms with Gasteiger partial charge in [-0.2, -0.15) is 0 Å². The van der Waals surface area contributed by atoms with Gasteiger partial charge < -0.3 is 18.9 Å². The van der Waals surface area contributed by atoms with E-state index in [0.29, 0.717) is 0 Å². The van der Waals surface area contributed by atoms with Crippen LogP contribution in [0, 0.1) is 0 Å². The van der Waals surface area contributed by atoms with Crippen LogP contribution in [0.15, 0.2) is 0 Å². The van der Waals surface area contributed by atoms with Crippen molar-refractivity contribution in [2.45, 2.75) is 26.6 Å². The Labute approximate surface area is 89.1 Å². The monoisotopic (exact) mass is 240 g/mol. The second kappa shape index (κ2) is 6.95. The fourth-order valence-corrected chi connectivity index (χ4v) is 2.29. The third kappa shape index (κ3) is 4.30. The first-order valence-corrected chi connectivity index (χ1v) is 6.36. The number of esters is 1. The predicted molar refractivity (Wildman–Crippen MR) is 53.5 cm³/mol. The van der Waals surface area contributed by atoms with Gasteiger partial charge in [0.1, 0.15) is 0 Å². The summed E-state index contributed by atoms with van der Waals surface area (Å²) in [7, 11) is -3.82. The van der Waals surface area contributed by atoms with E-state index < -0.39 is 19.4 Å². The van der Waals surface area contributed by atoms with E-state index in [9.17, 15) is 14.5 Å². The molecule has 0 unspecified atom stereocenters. The quantitative estimate of drug-likeness (QED) is 0.530. The number of ether oxygens (including phenoxy) is 1. The summed E-state index contributed by atoms with van der Waals surface area (Å²) in [6, 6.07) is 0. The number of rotatable bonds is 7. The highest BCUT2D eigenvalue weighted by Gasteiger charge is 2.40. The van der Waals surface area contributed by atoms with E-state index in [1.54, 1.807) is 20.8 Å². The first-order valence-electron chi connectivity index (χ1n) is 4.75. The predicted octanol–water partition coefficient (Wildman–Crippen LogP) is 1.13. The van der Waals surface area contributed by atoms with Gasteiger partial charge >= 0.3 is 13.6 Å². The smallest absolute Gasteiger partial charge is 0.370 e. The molecule has 0 aliphatic carbocycles. The Morgan fingerprint density at radius 1 is 1.20 bits per heavy atom. The maximum atomic E-state index is 11.8. The van der Waals surface area contributed by atoms with Crippen LogP contribution < -0.4 is 0 Å². The van der Waals surface area contributed by atoms with Gasteiger partial charge in [-0.25, -0.2) is 4.79 Å². The Balaban J connectivity index is 4.60. The SMILES string of the molecule is CCOC(=O)[C@@H](O)P(=O)(OCC)OCC. The van der Waals surface area contributed by atoms with Crippen molar-refractivity contribution in [1.82, 2.24) is 0 Å². The molecule has 0 amide bonds. The summed E-state index contributed by atoms with van der Waals surface area (Å²) in [6.45, 7) is 5.00. The molecule has 7 heteroatoms. The van der Waals surface area contributed by atoms with Crippen molar-refractivity contribution < 1.29 is 28.3 Å². The Hall–Kier alpha value is -0.420. The highest BCUT2D eigenvalue weighted by Crippen LogP contribution is 2.52. The molecule has 0 bridgehead atoms. The highest BCUT2D eigenvalue weighted by atomic mass is 31.2. The molecule has 0 saturated heterocycles. The average molecular weight is 240 g/mol. The number of aliphatic hydroxyl groups is 1. The van der Waals surface area contributed by atoms with Crippen molar-refractivity contribution >= 4 is 13.6 Å². The molecule has 90 valence electrons. The van der Waals surface area contributed by atoms with Gasteiger partial charge in [0.05, 0.1) is 19.8 Å². The molecule has 0 aliphatic heterocycles. The van der Waals surface area contributed by atoms with Crippen LogP contribution in [0.4, 0.5) is 0 Å².